The van der Waals surface area contributed by atoms with Gasteiger partial charge >= 0.3 is 0 Å². The molecule has 104 valence electrons. The first-order chi connectivity index (χ1) is 8.83. The van der Waals surface area contributed by atoms with E-state index in [4.69, 9.17) is 4.74 Å². The molecular formula is C13H23NO2S2. The lowest BCUT2D eigenvalue weighted by Crippen LogP contribution is -2.31. The zero-order valence-corrected chi connectivity index (χ0v) is 12.6. The van der Waals surface area contributed by atoms with Gasteiger partial charge in [0.05, 0.1) is 19.3 Å². The van der Waals surface area contributed by atoms with Gasteiger partial charge in [0.25, 0.3) is 0 Å². The van der Waals surface area contributed by atoms with Crippen molar-refractivity contribution in [3.05, 3.63) is 22.4 Å². The van der Waals surface area contributed by atoms with E-state index in [1.165, 1.54) is 16.4 Å². The predicted octanol–water partition coefficient (Wildman–Crippen LogP) is 2.36. The highest BCUT2D eigenvalue weighted by Crippen LogP contribution is 2.09. The van der Waals surface area contributed by atoms with E-state index in [-0.39, 0.29) is 0 Å². The van der Waals surface area contributed by atoms with Gasteiger partial charge in [-0.05, 0) is 35.9 Å². The Morgan fingerprint density at radius 2 is 2.44 bits per heavy atom. The molecule has 0 fully saturated rings. The molecule has 3 nitrogen and oxygen atoms in total. The van der Waals surface area contributed by atoms with Gasteiger partial charge in [-0.25, -0.2) is 0 Å². The summed E-state index contributed by atoms with van der Waals surface area (Å²) in [5, 5.41) is 15.0. The number of ether oxygens (including phenoxy) is 1. The van der Waals surface area contributed by atoms with Crippen LogP contribution in [0.25, 0.3) is 0 Å². The molecule has 2 N–H and O–H groups in total. The molecule has 1 aromatic rings. The van der Waals surface area contributed by atoms with Crippen molar-refractivity contribution in [1.29, 1.82) is 0 Å². The average molecular weight is 289 g/mol. The van der Waals surface area contributed by atoms with Crippen LogP contribution in [0.15, 0.2) is 17.5 Å². The van der Waals surface area contributed by atoms with Crippen molar-refractivity contribution >= 4 is 23.1 Å². The van der Waals surface area contributed by atoms with Crippen LogP contribution in [0.2, 0.25) is 0 Å². The Bertz CT molecular complexity index is 281. The molecule has 1 unspecified atom stereocenters. The summed E-state index contributed by atoms with van der Waals surface area (Å²) in [4.78, 5) is 1.20. The summed E-state index contributed by atoms with van der Waals surface area (Å²) in [5.74, 6) is 2.37. The molecule has 0 saturated heterocycles. The Hall–Kier alpha value is -0.0700. The predicted molar refractivity (Wildman–Crippen MR) is 80.5 cm³/mol. The second-order valence-electron chi connectivity index (χ2n) is 4.00. The number of aliphatic hydroxyl groups excluding tert-OH is 1. The third kappa shape index (κ3) is 8.11. The SMILES string of the molecule is CCSCCCNCC(O)COCc1cccs1. The van der Waals surface area contributed by atoms with Crippen molar-refractivity contribution in [3.8, 4) is 0 Å². The molecule has 0 aromatic carbocycles. The highest BCUT2D eigenvalue weighted by molar-refractivity contribution is 7.99. The number of rotatable bonds is 11. The highest BCUT2D eigenvalue weighted by Gasteiger charge is 2.03. The lowest BCUT2D eigenvalue weighted by molar-refractivity contribution is 0.0300. The summed E-state index contributed by atoms with van der Waals surface area (Å²) >= 11 is 3.63. The first-order valence-electron chi connectivity index (χ1n) is 6.39. The lowest BCUT2D eigenvalue weighted by atomic mass is 10.3. The molecule has 0 saturated carbocycles. The van der Waals surface area contributed by atoms with Crippen molar-refractivity contribution in [1.82, 2.24) is 5.32 Å². The molecule has 0 aliphatic rings. The van der Waals surface area contributed by atoms with Crippen LogP contribution in [-0.2, 0) is 11.3 Å². The van der Waals surface area contributed by atoms with E-state index in [1.54, 1.807) is 11.3 Å². The second-order valence-corrected chi connectivity index (χ2v) is 6.43. The average Bonchev–Trinajstić information content (AvgIpc) is 2.87. The Morgan fingerprint density at radius 1 is 1.56 bits per heavy atom. The molecule has 1 atom stereocenters. The minimum Gasteiger partial charge on any atom is -0.389 e. The fourth-order valence-corrected chi connectivity index (χ4v) is 2.74. The zero-order valence-electron chi connectivity index (χ0n) is 10.9. The fourth-order valence-electron chi connectivity index (χ4n) is 1.46. The van der Waals surface area contributed by atoms with Gasteiger partial charge in [0.1, 0.15) is 0 Å². The van der Waals surface area contributed by atoms with E-state index < -0.39 is 6.10 Å². The summed E-state index contributed by atoms with van der Waals surface area (Å²) in [6, 6.07) is 4.05. The van der Waals surface area contributed by atoms with E-state index >= 15 is 0 Å². The van der Waals surface area contributed by atoms with Crippen molar-refractivity contribution < 1.29 is 9.84 Å². The van der Waals surface area contributed by atoms with Crippen LogP contribution < -0.4 is 5.32 Å². The summed E-state index contributed by atoms with van der Waals surface area (Å²) in [6.45, 7) is 4.75. The van der Waals surface area contributed by atoms with Crippen LogP contribution in [-0.4, -0.2) is 42.4 Å². The number of thioether (sulfide) groups is 1. The largest absolute Gasteiger partial charge is 0.389 e. The summed E-state index contributed by atoms with van der Waals surface area (Å²) in [5.41, 5.74) is 0. The van der Waals surface area contributed by atoms with Gasteiger partial charge in [0.2, 0.25) is 0 Å². The van der Waals surface area contributed by atoms with Gasteiger partial charge in [-0.2, -0.15) is 11.8 Å². The highest BCUT2D eigenvalue weighted by atomic mass is 32.2. The lowest BCUT2D eigenvalue weighted by Gasteiger charge is -2.11. The van der Waals surface area contributed by atoms with Crippen LogP contribution in [0, 0.1) is 0 Å². The Balaban J connectivity index is 1.89. The number of hydrogen-bond acceptors (Lipinski definition) is 5. The van der Waals surface area contributed by atoms with Crippen molar-refractivity contribution in [2.75, 3.05) is 31.2 Å². The number of thiophene rings is 1. The van der Waals surface area contributed by atoms with Gasteiger partial charge in [0.15, 0.2) is 0 Å². The van der Waals surface area contributed by atoms with E-state index in [0.717, 1.165) is 13.0 Å². The molecule has 1 aromatic heterocycles. The topological polar surface area (TPSA) is 41.5 Å². The Kier molecular flexibility index (Phi) is 9.61. The second kappa shape index (κ2) is 10.8. The smallest absolute Gasteiger partial charge is 0.0897 e. The molecule has 1 rings (SSSR count). The summed E-state index contributed by atoms with van der Waals surface area (Å²) < 4.78 is 5.45. The molecule has 0 amide bonds. The van der Waals surface area contributed by atoms with Gasteiger partial charge in [-0.3, -0.25) is 0 Å². The van der Waals surface area contributed by atoms with Gasteiger partial charge < -0.3 is 15.2 Å². The summed E-state index contributed by atoms with van der Waals surface area (Å²) in [6.07, 6.45) is 0.741. The quantitative estimate of drug-likeness (QED) is 0.614. The summed E-state index contributed by atoms with van der Waals surface area (Å²) in [7, 11) is 0. The monoisotopic (exact) mass is 289 g/mol. The molecule has 0 spiro atoms. The molecule has 5 heteroatoms. The van der Waals surface area contributed by atoms with Crippen molar-refractivity contribution in [2.45, 2.75) is 26.1 Å². The van der Waals surface area contributed by atoms with E-state index in [1.807, 2.05) is 29.3 Å². The zero-order chi connectivity index (χ0) is 13.1. The van der Waals surface area contributed by atoms with Crippen molar-refractivity contribution in [2.24, 2.45) is 0 Å². The maximum Gasteiger partial charge on any atom is 0.0897 e. The minimum atomic E-state index is -0.413. The minimum absolute atomic E-state index is 0.397. The number of nitrogens with one attached hydrogen (secondary N) is 1. The van der Waals surface area contributed by atoms with Gasteiger partial charge in [-0.1, -0.05) is 13.0 Å². The standard InChI is InChI=1S/C13H23NO2S2/c1-2-17-7-4-6-14-9-12(15)10-16-11-13-5-3-8-18-13/h3,5,8,12,14-15H,2,4,6-7,9-11H2,1H3. The fraction of sp³-hybridized carbons (Fsp3) is 0.692. The van der Waals surface area contributed by atoms with Crippen LogP contribution >= 0.6 is 23.1 Å². The number of hydrogen-bond donors (Lipinski definition) is 2. The molecule has 0 bridgehead atoms. The van der Waals surface area contributed by atoms with E-state index in [2.05, 4.69) is 12.2 Å². The van der Waals surface area contributed by atoms with E-state index in [9.17, 15) is 5.11 Å². The molecule has 0 aliphatic heterocycles. The van der Waals surface area contributed by atoms with Crippen molar-refractivity contribution in [3.63, 3.8) is 0 Å². The first-order valence-corrected chi connectivity index (χ1v) is 8.43. The Labute approximate surface area is 118 Å². The van der Waals surface area contributed by atoms with Crippen LogP contribution in [0.1, 0.15) is 18.2 Å². The van der Waals surface area contributed by atoms with Gasteiger partial charge in [0, 0.05) is 11.4 Å². The molecule has 18 heavy (non-hydrogen) atoms. The third-order valence-corrected chi connectivity index (χ3v) is 4.20. The van der Waals surface area contributed by atoms with Crippen LogP contribution in [0.4, 0.5) is 0 Å². The molecule has 1 heterocycles. The normalized spacial score (nSPS) is 12.8. The maximum absolute atomic E-state index is 9.69. The molecular weight excluding hydrogens is 266 g/mol. The van der Waals surface area contributed by atoms with Gasteiger partial charge in [-0.15, -0.1) is 11.3 Å². The third-order valence-electron chi connectivity index (χ3n) is 2.36. The number of aliphatic hydroxyl groups is 1. The van der Waals surface area contributed by atoms with Crippen LogP contribution in [0.3, 0.4) is 0 Å². The van der Waals surface area contributed by atoms with Crippen LogP contribution in [0.5, 0.6) is 0 Å². The Morgan fingerprint density at radius 3 is 3.17 bits per heavy atom. The first kappa shape index (κ1) is 16.0. The molecule has 0 aliphatic carbocycles. The molecule has 0 radical (unpaired) electrons. The maximum atomic E-state index is 9.69. The van der Waals surface area contributed by atoms with E-state index in [0.29, 0.717) is 19.8 Å².